The van der Waals surface area contributed by atoms with Gasteiger partial charge in [0.05, 0.1) is 0 Å². The van der Waals surface area contributed by atoms with E-state index in [1.807, 2.05) is 0 Å². The Morgan fingerprint density at radius 1 is 1.20 bits per heavy atom. The Bertz CT molecular complexity index is 93.6. The lowest BCUT2D eigenvalue weighted by Gasteiger charge is -2.36. The van der Waals surface area contributed by atoms with Crippen LogP contribution in [0.5, 0.6) is 0 Å². The number of hydrazine groups is 2. The molecule has 0 aromatic heterocycles. The van der Waals surface area contributed by atoms with Gasteiger partial charge in [0.25, 0.3) is 0 Å². The van der Waals surface area contributed by atoms with Gasteiger partial charge in [0.1, 0.15) is 0 Å². The maximum Gasteiger partial charge on any atom is 0.232 e. The SMILES string of the molecule is [B]1NNNC2CCCCC12. The lowest BCUT2D eigenvalue weighted by molar-refractivity contribution is 0.299. The molecule has 2 rings (SSSR count). The zero-order valence-corrected chi connectivity index (χ0v) is 6.06. The van der Waals surface area contributed by atoms with Crippen LogP contribution in [0.15, 0.2) is 0 Å². The standard InChI is InChI=1S/C6H13BN3/c1-2-4-6-5(3-1)7-9-10-8-6/h5-6,8-10H,1-4H2. The van der Waals surface area contributed by atoms with Crippen LogP contribution < -0.4 is 16.3 Å². The van der Waals surface area contributed by atoms with E-state index in [2.05, 4.69) is 23.7 Å². The zero-order chi connectivity index (χ0) is 6.81. The second kappa shape index (κ2) is 2.90. The highest BCUT2D eigenvalue weighted by atomic mass is 15.6. The summed E-state index contributed by atoms with van der Waals surface area (Å²) in [5.41, 5.74) is 6.16. The van der Waals surface area contributed by atoms with Crippen LogP contribution in [0.25, 0.3) is 0 Å². The van der Waals surface area contributed by atoms with E-state index in [-0.39, 0.29) is 0 Å². The molecule has 2 atom stereocenters. The fraction of sp³-hybridized carbons (Fsp3) is 1.00. The van der Waals surface area contributed by atoms with Gasteiger partial charge in [0.15, 0.2) is 0 Å². The lowest BCUT2D eigenvalue weighted by atomic mass is 9.65. The first-order valence-corrected chi connectivity index (χ1v) is 4.06. The molecular weight excluding hydrogens is 125 g/mol. The number of nitrogens with one attached hydrogen (secondary N) is 3. The monoisotopic (exact) mass is 138 g/mol. The molecule has 1 saturated carbocycles. The molecule has 0 amide bonds. The van der Waals surface area contributed by atoms with Gasteiger partial charge in [0, 0.05) is 6.04 Å². The molecule has 2 aliphatic rings. The first-order chi connectivity index (χ1) is 4.97. The van der Waals surface area contributed by atoms with Crippen molar-refractivity contribution in [3.05, 3.63) is 0 Å². The molecule has 2 unspecified atom stereocenters. The highest BCUT2D eigenvalue weighted by molar-refractivity contribution is 6.34. The van der Waals surface area contributed by atoms with E-state index in [9.17, 15) is 0 Å². The van der Waals surface area contributed by atoms with Crippen LogP contribution in [0.1, 0.15) is 25.7 Å². The lowest BCUT2D eigenvalue weighted by Crippen LogP contribution is -2.60. The molecule has 10 heavy (non-hydrogen) atoms. The number of rotatable bonds is 0. The smallest absolute Gasteiger partial charge is 0.232 e. The van der Waals surface area contributed by atoms with E-state index >= 15 is 0 Å². The maximum atomic E-state index is 3.23. The van der Waals surface area contributed by atoms with Crippen LogP contribution in [0, 0.1) is 0 Å². The first-order valence-electron chi connectivity index (χ1n) is 4.06. The second-order valence-electron chi connectivity index (χ2n) is 3.14. The van der Waals surface area contributed by atoms with Crippen molar-refractivity contribution in [1.82, 2.24) is 16.3 Å². The van der Waals surface area contributed by atoms with E-state index in [4.69, 9.17) is 0 Å². The van der Waals surface area contributed by atoms with Crippen molar-refractivity contribution in [2.45, 2.75) is 37.5 Å². The number of hydrogen-bond acceptors (Lipinski definition) is 3. The van der Waals surface area contributed by atoms with Gasteiger partial charge in [0.2, 0.25) is 7.41 Å². The molecule has 3 N–H and O–H groups in total. The summed E-state index contributed by atoms with van der Waals surface area (Å²) in [6.07, 6.45) is 5.42. The molecule has 0 bridgehead atoms. The Hall–Kier alpha value is -0.0551. The Morgan fingerprint density at radius 3 is 3.00 bits per heavy atom. The molecule has 3 nitrogen and oxygen atoms in total. The summed E-state index contributed by atoms with van der Waals surface area (Å²) in [5, 5.41) is 3.00. The summed E-state index contributed by atoms with van der Waals surface area (Å²) in [4.78, 5) is 0. The summed E-state index contributed by atoms with van der Waals surface area (Å²) in [6, 6.07) is 0.676. The molecular formula is C6H13BN3. The van der Waals surface area contributed by atoms with Gasteiger partial charge in [-0.1, -0.05) is 19.3 Å². The van der Waals surface area contributed by atoms with Gasteiger partial charge in [-0.2, -0.15) is 0 Å². The Morgan fingerprint density at radius 2 is 2.10 bits per heavy atom. The average molecular weight is 138 g/mol. The van der Waals surface area contributed by atoms with Crippen LogP contribution in [-0.4, -0.2) is 13.5 Å². The van der Waals surface area contributed by atoms with Gasteiger partial charge in [-0.25, -0.2) is 11.0 Å². The van der Waals surface area contributed by atoms with Crippen molar-refractivity contribution in [2.75, 3.05) is 0 Å². The Balaban J connectivity index is 1.93. The zero-order valence-electron chi connectivity index (χ0n) is 6.06. The van der Waals surface area contributed by atoms with Crippen molar-refractivity contribution < 1.29 is 0 Å². The van der Waals surface area contributed by atoms with Gasteiger partial charge >= 0.3 is 0 Å². The van der Waals surface area contributed by atoms with Gasteiger partial charge in [-0.3, -0.25) is 5.34 Å². The Labute approximate surface area is 62.2 Å². The predicted octanol–water partition coefficient (Wildman–Crippen LogP) is -0.0509. The van der Waals surface area contributed by atoms with E-state index in [0.29, 0.717) is 6.04 Å². The number of hydrogen-bond donors (Lipinski definition) is 3. The number of fused-ring (bicyclic) bond motifs is 1. The molecule has 1 aliphatic carbocycles. The van der Waals surface area contributed by atoms with Crippen LogP contribution in [-0.2, 0) is 0 Å². The largest absolute Gasteiger partial charge is 0.290 e. The van der Waals surface area contributed by atoms with Crippen molar-refractivity contribution in [3.63, 3.8) is 0 Å². The minimum Gasteiger partial charge on any atom is -0.290 e. The molecule has 0 aromatic carbocycles. The molecule has 55 valence electrons. The molecule has 0 aromatic rings. The molecule has 1 heterocycles. The van der Waals surface area contributed by atoms with Gasteiger partial charge in [-0.15, -0.1) is 0 Å². The van der Waals surface area contributed by atoms with E-state index in [1.54, 1.807) is 0 Å². The highest BCUT2D eigenvalue weighted by Gasteiger charge is 2.27. The summed E-state index contributed by atoms with van der Waals surface area (Å²) < 4.78 is 0. The van der Waals surface area contributed by atoms with Crippen molar-refractivity contribution in [3.8, 4) is 0 Å². The fourth-order valence-corrected chi connectivity index (χ4v) is 1.82. The third-order valence-electron chi connectivity index (χ3n) is 2.45. The summed E-state index contributed by atoms with van der Waals surface area (Å²) in [5.74, 6) is 0.745. The first kappa shape index (κ1) is 6.64. The third-order valence-corrected chi connectivity index (χ3v) is 2.45. The molecule has 4 heteroatoms. The van der Waals surface area contributed by atoms with E-state index in [1.165, 1.54) is 25.7 Å². The predicted molar refractivity (Wildman–Crippen MR) is 41.2 cm³/mol. The summed E-state index contributed by atoms with van der Waals surface area (Å²) in [7, 11) is 2.17. The van der Waals surface area contributed by atoms with Crippen molar-refractivity contribution in [2.24, 2.45) is 0 Å². The summed E-state index contributed by atoms with van der Waals surface area (Å²) >= 11 is 0. The Kier molecular flexibility index (Phi) is 1.93. The topological polar surface area (TPSA) is 36.1 Å². The quantitative estimate of drug-likeness (QED) is 0.410. The molecule has 0 spiro atoms. The molecule has 2 fully saturated rings. The van der Waals surface area contributed by atoms with Gasteiger partial charge in [-0.05, 0) is 12.2 Å². The van der Waals surface area contributed by atoms with Crippen LogP contribution >= 0.6 is 0 Å². The average Bonchev–Trinajstić information content (AvgIpc) is 2.05. The van der Waals surface area contributed by atoms with Crippen molar-refractivity contribution >= 4 is 7.41 Å². The summed E-state index contributed by atoms with van der Waals surface area (Å²) in [6.45, 7) is 0. The second-order valence-corrected chi connectivity index (χ2v) is 3.14. The van der Waals surface area contributed by atoms with E-state index in [0.717, 1.165) is 5.82 Å². The van der Waals surface area contributed by atoms with Crippen LogP contribution in [0.3, 0.4) is 0 Å². The minimum atomic E-state index is 0.676. The van der Waals surface area contributed by atoms with Gasteiger partial charge < -0.3 is 0 Å². The van der Waals surface area contributed by atoms with Crippen LogP contribution in [0.4, 0.5) is 0 Å². The van der Waals surface area contributed by atoms with Crippen molar-refractivity contribution in [1.29, 1.82) is 0 Å². The third kappa shape index (κ3) is 1.19. The normalized spacial score (nSPS) is 40.0. The maximum absolute atomic E-state index is 3.23. The molecule has 1 radical (unpaired) electrons. The van der Waals surface area contributed by atoms with Crippen LogP contribution in [0.2, 0.25) is 5.82 Å². The minimum absolute atomic E-state index is 0.676. The molecule has 1 saturated heterocycles. The van der Waals surface area contributed by atoms with E-state index < -0.39 is 0 Å². The fourth-order valence-electron chi connectivity index (χ4n) is 1.82. The highest BCUT2D eigenvalue weighted by Crippen LogP contribution is 2.28. The molecule has 1 aliphatic heterocycles.